The van der Waals surface area contributed by atoms with E-state index in [0.717, 1.165) is 23.8 Å². The van der Waals surface area contributed by atoms with Crippen molar-refractivity contribution in [2.24, 2.45) is 0 Å². The molecule has 0 aromatic heterocycles. The first-order valence-electron chi connectivity index (χ1n) is 7.90. The van der Waals surface area contributed by atoms with Crippen LogP contribution in [0.4, 0.5) is 8.78 Å². The van der Waals surface area contributed by atoms with Gasteiger partial charge in [0.05, 0.1) is 18.4 Å². The van der Waals surface area contributed by atoms with Crippen LogP contribution in [0.2, 0.25) is 0 Å². The van der Waals surface area contributed by atoms with Crippen LogP contribution in [-0.4, -0.2) is 30.8 Å². The number of amides is 1. The van der Waals surface area contributed by atoms with Crippen molar-refractivity contribution in [2.75, 3.05) is 13.2 Å². The standard InChI is InChI=1S/C19H17F2NO4/c20-14-6-7-16(21)15(11-14)17(23)12-26-19(25)8-9-22-18(24)10-13-4-2-1-3-5-13/h1-7,11H,8-10,12H2,(H,22,24). The van der Waals surface area contributed by atoms with Crippen molar-refractivity contribution in [3.05, 3.63) is 71.3 Å². The third-order valence-corrected chi connectivity index (χ3v) is 3.45. The van der Waals surface area contributed by atoms with E-state index in [-0.39, 0.29) is 25.3 Å². The van der Waals surface area contributed by atoms with Crippen LogP contribution in [0.15, 0.2) is 48.5 Å². The van der Waals surface area contributed by atoms with Gasteiger partial charge in [0.25, 0.3) is 0 Å². The molecule has 136 valence electrons. The largest absolute Gasteiger partial charge is 0.457 e. The fourth-order valence-electron chi connectivity index (χ4n) is 2.15. The molecule has 2 aromatic carbocycles. The van der Waals surface area contributed by atoms with Crippen LogP contribution in [-0.2, 0) is 20.7 Å². The van der Waals surface area contributed by atoms with Crippen LogP contribution in [0.3, 0.4) is 0 Å². The maximum Gasteiger partial charge on any atom is 0.308 e. The average molecular weight is 361 g/mol. The second kappa shape index (κ2) is 9.41. The summed E-state index contributed by atoms with van der Waals surface area (Å²) in [4.78, 5) is 35.1. The lowest BCUT2D eigenvalue weighted by molar-refractivity contribution is -0.142. The summed E-state index contributed by atoms with van der Waals surface area (Å²) >= 11 is 0. The molecule has 0 aliphatic rings. The van der Waals surface area contributed by atoms with Crippen LogP contribution < -0.4 is 5.32 Å². The number of ketones is 1. The number of carbonyl (C=O) groups is 3. The van der Waals surface area contributed by atoms with Crippen LogP contribution in [0.1, 0.15) is 22.3 Å². The van der Waals surface area contributed by atoms with Crippen molar-refractivity contribution < 1.29 is 27.9 Å². The van der Waals surface area contributed by atoms with Gasteiger partial charge >= 0.3 is 5.97 Å². The number of carbonyl (C=O) groups excluding carboxylic acids is 3. The van der Waals surface area contributed by atoms with Gasteiger partial charge in [0.15, 0.2) is 6.61 Å². The van der Waals surface area contributed by atoms with Gasteiger partial charge in [0, 0.05) is 6.54 Å². The van der Waals surface area contributed by atoms with Crippen molar-refractivity contribution in [3.63, 3.8) is 0 Å². The number of benzene rings is 2. The summed E-state index contributed by atoms with van der Waals surface area (Å²) in [7, 11) is 0. The van der Waals surface area contributed by atoms with Gasteiger partial charge in [-0.1, -0.05) is 30.3 Å². The summed E-state index contributed by atoms with van der Waals surface area (Å²) < 4.78 is 31.2. The van der Waals surface area contributed by atoms with Crippen LogP contribution in [0.5, 0.6) is 0 Å². The van der Waals surface area contributed by atoms with E-state index in [2.05, 4.69) is 5.32 Å². The van der Waals surface area contributed by atoms with Gasteiger partial charge in [-0.25, -0.2) is 8.78 Å². The van der Waals surface area contributed by atoms with Crippen molar-refractivity contribution in [2.45, 2.75) is 12.8 Å². The van der Waals surface area contributed by atoms with Gasteiger partial charge in [-0.05, 0) is 23.8 Å². The molecule has 0 fully saturated rings. The highest BCUT2D eigenvalue weighted by Crippen LogP contribution is 2.10. The molecule has 0 heterocycles. The van der Waals surface area contributed by atoms with Crippen molar-refractivity contribution in [3.8, 4) is 0 Å². The highest BCUT2D eigenvalue weighted by molar-refractivity contribution is 5.98. The minimum atomic E-state index is -0.888. The fraction of sp³-hybridized carbons (Fsp3) is 0.211. The van der Waals surface area contributed by atoms with Crippen molar-refractivity contribution in [1.29, 1.82) is 0 Å². The van der Waals surface area contributed by atoms with E-state index in [1.807, 2.05) is 30.3 Å². The lowest BCUT2D eigenvalue weighted by Crippen LogP contribution is -2.28. The third-order valence-electron chi connectivity index (χ3n) is 3.45. The van der Waals surface area contributed by atoms with Gasteiger partial charge in [0.2, 0.25) is 11.7 Å². The highest BCUT2D eigenvalue weighted by Gasteiger charge is 2.15. The zero-order chi connectivity index (χ0) is 18.9. The number of rotatable bonds is 8. The quantitative estimate of drug-likeness (QED) is 0.579. The van der Waals surface area contributed by atoms with Crippen LogP contribution in [0.25, 0.3) is 0 Å². The Morgan fingerprint density at radius 2 is 1.73 bits per heavy atom. The predicted molar refractivity (Wildman–Crippen MR) is 89.4 cm³/mol. The van der Waals surface area contributed by atoms with Crippen LogP contribution >= 0.6 is 0 Å². The molecule has 1 N–H and O–H groups in total. The Morgan fingerprint density at radius 1 is 1.00 bits per heavy atom. The SMILES string of the molecule is O=C(Cc1ccccc1)NCCC(=O)OCC(=O)c1cc(F)ccc1F. The van der Waals surface area contributed by atoms with Crippen molar-refractivity contribution >= 4 is 17.7 Å². The molecule has 5 nitrogen and oxygen atoms in total. The Bertz CT molecular complexity index is 793. The average Bonchev–Trinajstić information content (AvgIpc) is 2.62. The summed E-state index contributed by atoms with van der Waals surface area (Å²) in [6.45, 7) is -0.649. The fourth-order valence-corrected chi connectivity index (χ4v) is 2.15. The lowest BCUT2D eigenvalue weighted by Gasteiger charge is -2.07. The second-order valence-corrected chi connectivity index (χ2v) is 5.47. The maximum atomic E-state index is 13.4. The Morgan fingerprint density at radius 3 is 2.46 bits per heavy atom. The smallest absolute Gasteiger partial charge is 0.308 e. The molecule has 0 bridgehead atoms. The Labute approximate surface area is 149 Å². The van der Waals surface area contributed by atoms with E-state index in [1.165, 1.54) is 0 Å². The van der Waals surface area contributed by atoms with Gasteiger partial charge in [0.1, 0.15) is 11.6 Å². The van der Waals surface area contributed by atoms with Gasteiger partial charge < -0.3 is 10.1 Å². The number of nitrogens with one attached hydrogen (secondary N) is 1. The second-order valence-electron chi connectivity index (χ2n) is 5.47. The van der Waals surface area contributed by atoms with E-state index in [4.69, 9.17) is 4.74 Å². The van der Waals surface area contributed by atoms with E-state index < -0.39 is 35.6 Å². The highest BCUT2D eigenvalue weighted by atomic mass is 19.1. The summed E-state index contributed by atoms with van der Waals surface area (Å²) in [5.41, 5.74) is 0.365. The Hall–Kier alpha value is -3.09. The number of hydrogen-bond donors (Lipinski definition) is 1. The molecule has 0 atom stereocenters. The molecule has 2 rings (SSSR count). The Balaban J connectivity index is 1.69. The van der Waals surface area contributed by atoms with E-state index in [1.54, 1.807) is 0 Å². The molecule has 7 heteroatoms. The molecule has 1 amide bonds. The first kappa shape index (κ1) is 19.2. The number of halogens is 2. The molecule has 0 saturated heterocycles. The van der Waals surface area contributed by atoms with E-state index in [9.17, 15) is 23.2 Å². The predicted octanol–water partition coefficient (Wildman–Crippen LogP) is 2.44. The van der Waals surface area contributed by atoms with Crippen molar-refractivity contribution in [1.82, 2.24) is 5.32 Å². The van der Waals surface area contributed by atoms with Gasteiger partial charge in [-0.3, -0.25) is 14.4 Å². The molecule has 0 aliphatic carbocycles. The molecule has 0 spiro atoms. The van der Waals surface area contributed by atoms with E-state index in [0.29, 0.717) is 0 Å². The summed E-state index contributed by atoms with van der Waals surface area (Å²) in [6, 6.07) is 11.6. The Kier molecular flexibility index (Phi) is 6.96. The number of Topliss-reactive ketones (excluding diaryl/α,β-unsaturated/α-hetero) is 1. The first-order chi connectivity index (χ1) is 12.5. The van der Waals surface area contributed by atoms with Gasteiger partial charge in [-0.2, -0.15) is 0 Å². The molecule has 0 saturated carbocycles. The molecule has 0 radical (unpaired) electrons. The van der Waals surface area contributed by atoms with Crippen LogP contribution in [0, 0.1) is 11.6 Å². The van der Waals surface area contributed by atoms with E-state index >= 15 is 0 Å². The molecule has 26 heavy (non-hydrogen) atoms. The zero-order valence-electron chi connectivity index (χ0n) is 13.8. The number of ether oxygens (including phenoxy) is 1. The van der Waals surface area contributed by atoms with Gasteiger partial charge in [-0.15, -0.1) is 0 Å². The number of esters is 1. The zero-order valence-corrected chi connectivity index (χ0v) is 13.8. The summed E-state index contributed by atoms with van der Waals surface area (Å²) in [6.07, 6.45) is 0.0483. The number of hydrogen-bond acceptors (Lipinski definition) is 4. The summed E-state index contributed by atoms with van der Waals surface area (Å²) in [5.74, 6) is -3.47. The minimum Gasteiger partial charge on any atom is -0.457 e. The molecular weight excluding hydrogens is 344 g/mol. The lowest BCUT2D eigenvalue weighted by atomic mass is 10.1. The summed E-state index contributed by atoms with van der Waals surface area (Å²) in [5, 5.41) is 2.56. The minimum absolute atomic E-state index is 0.0486. The molecular formula is C19H17F2NO4. The third kappa shape index (κ3) is 6.08. The first-order valence-corrected chi connectivity index (χ1v) is 7.90. The topological polar surface area (TPSA) is 72.5 Å². The monoisotopic (exact) mass is 361 g/mol. The maximum absolute atomic E-state index is 13.4. The molecule has 2 aromatic rings. The normalized spacial score (nSPS) is 10.2. The molecule has 0 aliphatic heterocycles. The molecule has 0 unspecified atom stereocenters.